The van der Waals surface area contributed by atoms with Crippen LogP contribution in [0.3, 0.4) is 0 Å². The lowest BCUT2D eigenvalue weighted by molar-refractivity contribution is -0.153. The van der Waals surface area contributed by atoms with Crippen molar-refractivity contribution in [3.05, 3.63) is 58.7 Å². The van der Waals surface area contributed by atoms with Gasteiger partial charge in [-0.25, -0.2) is 4.39 Å². The molecule has 0 atom stereocenters. The summed E-state index contributed by atoms with van der Waals surface area (Å²) < 4.78 is 20.6. The minimum absolute atomic E-state index is 0.0143. The van der Waals surface area contributed by atoms with Gasteiger partial charge in [-0.15, -0.1) is 11.3 Å². The van der Waals surface area contributed by atoms with E-state index in [9.17, 15) is 14.0 Å². The third-order valence-electron chi connectivity index (χ3n) is 7.23. The lowest BCUT2D eigenvalue weighted by Gasteiger charge is -2.36. The molecule has 1 aromatic heterocycles. The molecule has 37 heavy (non-hydrogen) atoms. The fraction of sp³-hybridized carbons (Fsp3) is 0.448. The molecule has 1 amide bonds. The van der Waals surface area contributed by atoms with E-state index >= 15 is 0 Å². The summed E-state index contributed by atoms with van der Waals surface area (Å²) in [6.07, 6.45) is 2.00. The van der Waals surface area contributed by atoms with E-state index in [2.05, 4.69) is 34.1 Å². The highest BCUT2D eigenvalue weighted by Gasteiger charge is 2.29. The van der Waals surface area contributed by atoms with Crippen LogP contribution in [0.5, 0.6) is 0 Å². The second-order valence-electron chi connectivity index (χ2n) is 10.9. The summed E-state index contributed by atoms with van der Waals surface area (Å²) in [5.74, 6) is -0.513. The van der Waals surface area contributed by atoms with Gasteiger partial charge in [0.1, 0.15) is 5.82 Å². The molecule has 0 saturated carbocycles. The van der Waals surface area contributed by atoms with E-state index in [0.717, 1.165) is 71.7 Å². The van der Waals surface area contributed by atoms with Gasteiger partial charge in [0, 0.05) is 54.9 Å². The number of hydrogen-bond acceptors (Lipinski definition) is 6. The normalized spacial score (nSPS) is 16.8. The predicted molar refractivity (Wildman–Crippen MR) is 147 cm³/mol. The van der Waals surface area contributed by atoms with Gasteiger partial charge < -0.3 is 9.64 Å². The second-order valence-corrected chi connectivity index (χ2v) is 11.9. The third-order valence-corrected chi connectivity index (χ3v) is 8.10. The van der Waals surface area contributed by atoms with Crippen molar-refractivity contribution >= 4 is 44.7 Å². The van der Waals surface area contributed by atoms with Crippen molar-refractivity contribution in [3.63, 3.8) is 0 Å². The van der Waals surface area contributed by atoms with Gasteiger partial charge in [-0.2, -0.15) is 0 Å². The number of esters is 1. The zero-order chi connectivity index (χ0) is 26.2. The van der Waals surface area contributed by atoms with Crippen molar-refractivity contribution in [1.82, 2.24) is 4.90 Å². The number of aryl methyl sites for hydroxylation is 1. The second kappa shape index (κ2) is 10.4. The molecule has 1 fully saturated rings. The lowest BCUT2D eigenvalue weighted by Crippen LogP contribution is -2.47. The number of benzene rings is 2. The van der Waals surface area contributed by atoms with Gasteiger partial charge in [0.2, 0.25) is 5.91 Å². The summed E-state index contributed by atoms with van der Waals surface area (Å²) in [7, 11) is 0. The number of piperazine rings is 1. The molecule has 3 heterocycles. The number of thiophene rings is 1. The molecular formula is C29H34FN3O3S. The first kappa shape index (κ1) is 25.7. The Hall–Kier alpha value is -2.97. The first-order valence-corrected chi connectivity index (χ1v) is 13.8. The van der Waals surface area contributed by atoms with Crippen LogP contribution in [0.2, 0.25) is 0 Å². The van der Waals surface area contributed by atoms with Crippen LogP contribution in [0.25, 0.3) is 10.1 Å². The molecule has 196 valence electrons. The van der Waals surface area contributed by atoms with E-state index < -0.39 is 5.41 Å². The van der Waals surface area contributed by atoms with E-state index in [1.54, 1.807) is 49.1 Å². The fourth-order valence-electron chi connectivity index (χ4n) is 5.00. The van der Waals surface area contributed by atoms with Crippen molar-refractivity contribution in [1.29, 1.82) is 0 Å². The van der Waals surface area contributed by atoms with Gasteiger partial charge in [-0.1, -0.05) is 12.1 Å². The number of halogens is 1. The molecule has 2 aliphatic rings. The molecule has 2 aromatic carbocycles. The summed E-state index contributed by atoms with van der Waals surface area (Å²) in [5, 5.41) is 3.15. The Morgan fingerprint density at radius 2 is 1.81 bits per heavy atom. The molecular weight excluding hydrogens is 489 g/mol. The van der Waals surface area contributed by atoms with Crippen LogP contribution >= 0.6 is 11.3 Å². The van der Waals surface area contributed by atoms with Crippen LogP contribution in [-0.2, 0) is 27.2 Å². The van der Waals surface area contributed by atoms with Crippen molar-refractivity contribution in [2.45, 2.75) is 40.0 Å². The Morgan fingerprint density at radius 1 is 1.03 bits per heavy atom. The zero-order valence-electron chi connectivity index (χ0n) is 21.8. The fourth-order valence-corrected chi connectivity index (χ4v) is 5.83. The molecule has 5 rings (SSSR count). The standard InChI is InChI=1S/C29H34FN3O3S/c1-29(2,3)28(35)36-19-33-24-16-20(4-5-21(24)6-7-27(33)34)8-10-31-11-13-32(14-12-31)25-17-22(30)18-26-23(25)9-15-37-26/h4-5,9,15-18H,6-8,10-14,19H2,1-3H3. The van der Waals surface area contributed by atoms with Gasteiger partial charge in [0.05, 0.1) is 11.1 Å². The highest BCUT2D eigenvalue weighted by Crippen LogP contribution is 2.33. The highest BCUT2D eigenvalue weighted by molar-refractivity contribution is 7.17. The van der Waals surface area contributed by atoms with Crippen LogP contribution < -0.4 is 9.80 Å². The van der Waals surface area contributed by atoms with Crippen LogP contribution in [-0.4, -0.2) is 56.2 Å². The minimum Gasteiger partial charge on any atom is -0.443 e. The summed E-state index contributed by atoms with van der Waals surface area (Å²) in [6.45, 7) is 9.84. The molecule has 8 heteroatoms. The summed E-state index contributed by atoms with van der Waals surface area (Å²) in [6, 6.07) is 11.7. The van der Waals surface area contributed by atoms with Crippen molar-refractivity contribution in [3.8, 4) is 0 Å². The maximum Gasteiger partial charge on any atom is 0.312 e. The summed E-state index contributed by atoms with van der Waals surface area (Å²) in [4.78, 5) is 31.3. The van der Waals surface area contributed by atoms with Gasteiger partial charge in [0.15, 0.2) is 6.73 Å². The molecule has 6 nitrogen and oxygen atoms in total. The maximum absolute atomic E-state index is 14.1. The number of nitrogens with zero attached hydrogens (tertiary/aromatic N) is 3. The third kappa shape index (κ3) is 5.65. The Labute approximate surface area is 221 Å². The lowest BCUT2D eigenvalue weighted by atomic mass is 9.97. The number of amides is 1. The average Bonchev–Trinajstić information content (AvgIpc) is 3.34. The quantitative estimate of drug-likeness (QED) is 0.414. The smallest absolute Gasteiger partial charge is 0.312 e. The van der Waals surface area contributed by atoms with E-state index in [0.29, 0.717) is 12.8 Å². The number of rotatable bonds is 6. The molecule has 0 radical (unpaired) electrons. The van der Waals surface area contributed by atoms with Crippen LogP contribution in [0.15, 0.2) is 41.8 Å². The van der Waals surface area contributed by atoms with E-state index in [-0.39, 0.29) is 24.4 Å². The SMILES string of the molecule is CC(C)(C)C(=O)OCN1C(=O)CCc2ccc(CCN3CCN(c4cc(F)cc5sccc45)CC3)cc21. The zero-order valence-corrected chi connectivity index (χ0v) is 22.6. The first-order valence-electron chi connectivity index (χ1n) is 12.9. The predicted octanol–water partition coefficient (Wildman–Crippen LogP) is 5.23. The van der Waals surface area contributed by atoms with Gasteiger partial charge in [-0.05, 0) is 74.4 Å². The van der Waals surface area contributed by atoms with Crippen LogP contribution in [0.4, 0.5) is 15.8 Å². The maximum atomic E-state index is 14.1. The molecule has 0 N–H and O–H groups in total. The topological polar surface area (TPSA) is 53.1 Å². The molecule has 1 saturated heterocycles. The number of fused-ring (bicyclic) bond motifs is 2. The van der Waals surface area contributed by atoms with Gasteiger partial charge in [-0.3, -0.25) is 19.4 Å². The first-order chi connectivity index (χ1) is 17.7. The van der Waals surface area contributed by atoms with E-state index in [4.69, 9.17) is 4.74 Å². The van der Waals surface area contributed by atoms with Crippen molar-refractivity contribution in [2.24, 2.45) is 5.41 Å². The minimum atomic E-state index is -0.613. The largest absolute Gasteiger partial charge is 0.443 e. The van der Waals surface area contributed by atoms with Gasteiger partial charge >= 0.3 is 5.97 Å². The molecule has 3 aromatic rings. The van der Waals surface area contributed by atoms with Gasteiger partial charge in [0.25, 0.3) is 0 Å². The molecule has 0 aliphatic carbocycles. The van der Waals surface area contributed by atoms with Crippen LogP contribution in [0, 0.1) is 11.2 Å². The Balaban J connectivity index is 1.20. The molecule has 2 aliphatic heterocycles. The van der Waals surface area contributed by atoms with Crippen molar-refractivity contribution in [2.75, 3.05) is 49.3 Å². The number of anilines is 2. The van der Waals surface area contributed by atoms with Crippen molar-refractivity contribution < 1.29 is 18.7 Å². The Kier molecular flexibility index (Phi) is 7.23. The summed E-state index contributed by atoms with van der Waals surface area (Å²) in [5.41, 5.74) is 3.50. The number of ether oxygens (including phenoxy) is 1. The number of carbonyl (C=O) groups excluding carboxylic acids is 2. The van der Waals surface area contributed by atoms with E-state index in [1.165, 1.54) is 0 Å². The van der Waals surface area contributed by atoms with E-state index in [1.807, 2.05) is 5.38 Å². The Morgan fingerprint density at radius 3 is 2.57 bits per heavy atom. The molecule has 0 spiro atoms. The monoisotopic (exact) mass is 523 g/mol. The van der Waals surface area contributed by atoms with Crippen LogP contribution in [0.1, 0.15) is 38.3 Å². The highest BCUT2D eigenvalue weighted by atomic mass is 32.1. The Bertz CT molecular complexity index is 1310. The average molecular weight is 524 g/mol. The molecule has 0 bridgehead atoms. The number of hydrogen-bond donors (Lipinski definition) is 0. The molecule has 0 unspecified atom stereocenters. The number of carbonyl (C=O) groups is 2. The summed E-state index contributed by atoms with van der Waals surface area (Å²) >= 11 is 1.58.